The molecule has 1 saturated heterocycles. The summed E-state index contributed by atoms with van der Waals surface area (Å²) in [6.45, 7) is 4.88. The van der Waals surface area contributed by atoms with Gasteiger partial charge in [-0.25, -0.2) is 4.39 Å². The van der Waals surface area contributed by atoms with E-state index in [2.05, 4.69) is 23.2 Å². The van der Waals surface area contributed by atoms with Gasteiger partial charge in [-0.2, -0.15) is 5.26 Å². The van der Waals surface area contributed by atoms with Crippen LogP contribution in [0.4, 0.5) is 10.1 Å². The number of piperazine rings is 1. The molecule has 1 N–H and O–H groups in total. The molecule has 1 aliphatic heterocycles. The molecule has 0 amide bonds. The Labute approximate surface area is 115 Å². The van der Waals surface area contributed by atoms with Gasteiger partial charge < -0.3 is 10.2 Å². The van der Waals surface area contributed by atoms with Crippen molar-refractivity contribution in [2.24, 2.45) is 0 Å². The quantitative estimate of drug-likeness (QED) is 0.869. The number of nitriles is 1. The number of hydrogen-bond acceptors (Lipinski definition) is 4. The second kappa shape index (κ2) is 4.80. The van der Waals surface area contributed by atoms with Crippen LogP contribution in [0.5, 0.6) is 0 Å². The second-order valence-corrected chi connectivity index (χ2v) is 5.89. The highest BCUT2D eigenvalue weighted by molar-refractivity contribution is 7.20. The normalized spacial score (nSPS) is 19.6. The molecule has 2 aromatic rings. The summed E-state index contributed by atoms with van der Waals surface area (Å²) in [7, 11) is 0. The maximum Gasteiger partial charge on any atom is 0.132 e. The van der Waals surface area contributed by atoms with E-state index in [1.165, 1.54) is 17.4 Å². The van der Waals surface area contributed by atoms with Crippen molar-refractivity contribution in [3.63, 3.8) is 0 Å². The van der Waals surface area contributed by atoms with Gasteiger partial charge in [-0.3, -0.25) is 0 Å². The van der Waals surface area contributed by atoms with Crippen LogP contribution in [-0.4, -0.2) is 25.7 Å². The fraction of sp³-hybridized carbons (Fsp3) is 0.357. The van der Waals surface area contributed by atoms with E-state index < -0.39 is 0 Å². The topological polar surface area (TPSA) is 39.1 Å². The first-order valence-corrected chi connectivity index (χ1v) is 7.11. The van der Waals surface area contributed by atoms with Crippen LogP contribution in [0, 0.1) is 17.1 Å². The zero-order chi connectivity index (χ0) is 13.4. The van der Waals surface area contributed by atoms with E-state index in [-0.39, 0.29) is 5.82 Å². The number of rotatable bonds is 1. The summed E-state index contributed by atoms with van der Waals surface area (Å²) < 4.78 is 14.7. The van der Waals surface area contributed by atoms with Gasteiger partial charge in [0, 0.05) is 31.1 Å². The average molecular weight is 275 g/mol. The Hall–Kier alpha value is -1.64. The lowest BCUT2D eigenvalue weighted by atomic mass is 10.1. The molecule has 1 aromatic carbocycles. The molecule has 1 atom stereocenters. The van der Waals surface area contributed by atoms with E-state index in [0.29, 0.717) is 16.3 Å². The molecule has 0 bridgehead atoms. The van der Waals surface area contributed by atoms with Gasteiger partial charge in [0.05, 0.1) is 10.4 Å². The highest BCUT2D eigenvalue weighted by Crippen LogP contribution is 2.36. The Morgan fingerprint density at radius 3 is 3.11 bits per heavy atom. The first-order chi connectivity index (χ1) is 9.19. The summed E-state index contributed by atoms with van der Waals surface area (Å²) in [5.41, 5.74) is 1.04. The van der Waals surface area contributed by atoms with Crippen molar-refractivity contribution in [3.8, 4) is 6.07 Å². The van der Waals surface area contributed by atoms with Crippen molar-refractivity contribution in [1.29, 1.82) is 5.26 Å². The van der Waals surface area contributed by atoms with Gasteiger partial charge in [-0.15, -0.1) is 11.3 Å². The third-order valence-electron chi connectivity index (χ3n) is 3.43. The predicted octanol–water partition coefficient (Wildman–Crippen LogP) is 2.71. The van der Waals surface area contributed by atoms with Crippen LogP contribution in [0.25, 0.3) is 10.1 Å². The van der Waals surface area contributed by atoms with Crippen LogP contribution in [0.3, 0.4) is 0 Å². The SMILES string of the molecule is CC1CN(c2ccc(F)c3cc(C#N)sc23)CCN1. The molecule has 0 aliphatic carbocycles. The van der Waals surface area contributed by atoms with Crippen molar-refractivity contribution < 1.29 is 4.39 Å². The summed E-state index contributed by atoms with van der Waals surface area (Å²) in [6.07, 6.45) is 0. The lowest BCUT2D eigenvalue weighted by Gasteiger charge is -2.34. The maximum atomic E-state index is 13.8. The zero-order valence-corrected chi connectivity index (χ0v) is 11.4. The van der Waals surface area contributed by atoms with Gasteiger partial charge in [-0.05, 0) is 25.1 Å². The van der Waals surface area contributed by atoms with E-state index in [4.69, 9.17) is 5.26 Å². The van der Waals surface area contributed by atoms with Gasteiger partial charge in [0.1, 0.15) is 16.8 Å². The molecular formula is C14H14FN3S. The van der Waals surface area contributed by atoms with Crippen molar-refractivity contribution >= 4 is 27.1 Å². The molecule has 5 heteroatoms. The Kier molecular flexibility index (Phi) is 3.13. The number of thiophene rings is 1. The van der Waals surface area contributed by atoms with Gasteiger partial charge in [0.2, 0.25) is 0 Å². The first kappa shape index (κ1) is 12.4. The van der Waals surface area contributed by atoms with Crippen LogP contribution in [0.15, 0.2) is 18.2 Å². The second-order valence-electron chi connectivity index (χ2n) is 4.83. The molecule has 0 spiro atoms. The molecule has 2 heterocycles. The number of nitrogens with one attached hydrogen (secondary N) is 1. The van der Waals surface area contributed by atoms with Gasteiger partial charge in [0.25, 0.3) is 0 Å². The lowest BCUT2D eigenvalue weighted by Crippen LogP contribution is -2.49. The molecule has 98 valence electrons. The fourth-order valence-corrected chi connectivity index (χ4v) is 3.54. The number of hydrogen-bond donors (Lipinski definition) is 1. The first-order valence-electron chi connectivity index (χ1n) is 6.29. The van der Waals surface area contributed by atoms with E-state index in [1.807, 2.05) is 6.07 Å². The van der Waals surface area contributed by atoms with Crippen LogP contribution in [0.1, 0.15) is 11.8 Å². The minimum atomic E-state index is -0.250. The predicted molar refractivity (Wildman–Crippen MR) is 76.2 cm³/mol. The summed E-state index contributed by atoms with van der Waals surface area (Å²) in [5, 5.41) is 12.9. The van der Waals surface area contributed by atoms with Gasteiger partial charge in [0.15, 0.2) is 0 Å². The summed E-state index contributed by atoms with van der Waals surface area (Å²) in [4.78, 5) is 2.82. The highest BCUT2D eigenvalue weighted by Gasteiger charge is 2.20. The minimum absolute atomic E-state index is 0.250. The maximum absolute atomic E-state index is 13.8. The monoisotopic (exact) mass is 275 g/mol. The Balaban J connectivity index is 2.11. The average Bonchev–Trinajstić information content (AvgIpc) is 2.84. The molecule has 1 fully saturated rings. The number of anilines is 1. The van der Waals surface area contributed by atoms with Gasteiger partial charge >= 0.3 is 0 Å². The fourth-order valence-electron chi connectivity index (χ4n) is 2.53. The van der Waals surface area contributed by atoms with Crippen LogP contribution < -0.4 is 10.2 Å². The third kappa shape index (κ3) is 2.18. The van der Waals surface area contributed by atoms with Crippen LogP contribution in [0.2, 0.25) is 0 Å². The molecular weight excluding hydrogens is 261 g/mol. The smallest absolute Gasteiger partial charge is 0.132 e. The Bertz CT molecular complexity index is 658. The highest BCUT2D eigenvalue weighted by atomic mass is 32.1. The van der Waals surface area contributed by atoms with E-state index >= 15 is 0 Å². The van der Waals surface area contributed by atoms with Crippen molar-refractivity contribution in [1.82, 2.24) is 5.32 Å². The number of nitrogens with zero attached hydrogens (tertiary/aromatic N) is 2. The minimum Gasteiger partial charge on any atom is -0.368 e. The number of benzene rings is 1. The van der Waals surface area contributed by atoms with Crippen LogP contribution in [-0.2, 0) is 0 Å². The molecule has 3 rings (SSSR count). The largest absolute Gasteiger partial charge is 0.368 e. The molecule has 3 nitrogen and oxygen atoms in total. The molecule has 1 aliphatic rings. The van der Waals surface area contributed by atoms with E-state index in [9.17, 15) is 4.39 Å². The summed E-state index contributed by atoms with van der Waals surface area (Å²) >= 11 is 1.37. The van der Waals surface area contributed by atoms with Crippen LogP contribution >= 0.6 is 11.3 Å². The number of fused-ring (bicyclic) bond motifs is 1. The molecule has 0 saturated carbocycles. The molecule has 0 radical (unpaired) electrons. The molecule has 1 unspecified atom stereocenters. The van der Waals surface area contributed by atoms with Crippen molar-refractivity contribution in [2.45, 2.75) is 13.0 Å². The lowest BCUT2D eigenvalue weighted by molar-refractivity contribution is 0.485. The Morgan fingerprint density at radius 2 is 2.37 bits per heavy atom. The number of halogens is 1. The summed E-state index contributed by atoms with van der Waals surface area (Å²) in [6, 6.07) is 7.49. The summed E-state index contributed by atoms with van der Waals surface area (Å²) in [5.74, 6) is -0.250. The molecule has 19 heavy (non-hydrogen) atoms. The third-order valence-corrected chi connectivity index (χ3v) is 4.49. The van der Waals surface area contributed by atoms with Crippen molar-refractivity contribution in [2.75, 3.05) is 24.5 Å². The van der Waals surface area contributed by atoms with Gasteiger partial charge in [-0.1, -0.05) is 0 Å². The standard InChI is InChI=1S/C14H14FN3S/c1-9-8-18(5-4-17-9)13-3-2-12(15)11-6-10(7-16)19-14(11)13/h2-3,6,9,17H,4-5,8H2,1H3. The van der Waals surface area contributed by atoms with E-state index in [0.717, 1.165) is 30.0 Å². The Morgan fingerprint density at radius 1 is 1.53 bits per heavy atom. The zero-order valence-electron chi connectivity index (χ0n) is 10.6. The van der Waals surface area contributed by atoms with Crippen molar-refractivity contribution in [3.05, 3.63) is 28.9 Å². The molecule has 1 aromatic heterocycles. The van der Waals surface area contributed by atoms with E-state index in [1.54, 1.807) is 6.07 Å².